The summed E-state index contributed by atoms with van der Waals surface area (Å²) < 4.78 is 0. The van der Waals surface area contributed by atoms with Crippen molar-refractivity contribution in [3.8, 4) is 0 Å². The standard InChI is InChI=1S/C13H23N3/c1-6-11(14)10-7-9(2)12(15-8-10)16-13(3,4)5/h7-8,11H,6,14H2,1-5H3,(H,15,16)/t11-/m0/s1. The summed E-state index contributed by atoms with van der Waals surface area (Å²) in [6.45, 7) is 10.5. The number of nitrogens with one attached hydrogen (secondary N) is 1. The van der Waals surface area contributed by atoms with Crippen LogP contribution >= 0.6 is 0 Å². The van der Waals surface area contributed by atoms with Gasteiger partial charge < -0.3 is 11.1 Å². The molecule has 0 aliphatic carbocycles. The molecule has 0 amide bonds. The molecule has 1 rings (SSSR count). The molecule has 0 saturated heterocycles. The first-order valence-corrected chi connectivity index (χ1v) is 5.84. The monoisotopic (exact) mass is 221 g/mol. The molecule has 3 heteroatoms. The largest absolute Gasteiger partial charge is 0.365 e. The van der Waals surface area contributed by atoms with Crippen LogP contribution in [-0.2, 0) is 0 Å². The first-order chi connectivity index (χ1) is 7.33. The molecule has 0 unspecified atom stereocenters. The van der Waals surface area contributed by atoms with Gasteiger partial charge in [0.2, 0.25) is 0 Å². The average molecular weight is 221 g/mol. The number of aromatic nitrogens is 1. The van der Waals surface area contributed by atoms with E-state index in [2.05, 4.69) is 51.0 Å². The number of aryl methyl sites for hydroxylation is 1. The summed E-state index contributed by atoms with van der Waals surface area (Å²) in [4.78, 5) is 4.44. The van der Waals surface area contributed by atoms with Crippen molar-refractivity contribution in [2.24, 2.45) is 5.73 Å². The summed E-state index contributed by atoms with van der Waals surface area (Å²) in [5.41, 5.74) is 8.27. The summed E-state index contributed by atoms with van der Waals surface area (Å²) in [7, 11) is 0. The van der Waals surface area contributed by atoms with Crippen molar-refractivity contribution in [1.29, 1.82) is 0 Å². The van der Waals surface area contributed by atoms with Gasteiger partial charge in [-0.2, -0.15) is 0 Å². The Morgan fingerprint density at radius 1 is 1.44 bits per heavy atom. The minimum Gasteiger partial charge on any atom is -0.365 e. The molecule has 1 heterocycles. The van der Waals surface area contributed by atoms with Gasteiger partial charge in [-0.05, 0) is 51.3 Å². The molecule has 0 saturated carbocycles. The summed E-state index contributed by atoms with van der Waals surface area (Å²) in [6.07, 6.45) is 2.81. The third-order valence-electron chi connectivity index (χ3n) is 2.46. The van der Waals surface area contributed by atoms with Crippen molar-refractivity contribution in [1.82, 2.24) is 4.98 Å². The Balaban J connectivity index is 2.92. The molecule has 0 bridgehead atoms. The lowest BCUT2D eigenvalue weighted by molar-refractivity contribution is 0.628. The Bertz CT molecular complexity index is 353. The Hall–Kier alpha value is -1.09. The van der Waals surface area contributed by atoms with Gasteiger partial charge in [0.05, 0.1) is 0 Å². The molecule has 0 fully saturated rings. The van der Waals surface area contributed by atoms with Crippen LogP contribution < -0.4 is 11.1 Å². The molecular formula is C13H23N3. The van der Waals surface area contributed by atoms with Gasteiger partial charge in [0, 0.05) is 17.8 Å². The Labute approximate surface area is 98.5 Å². The van der Waals surface area contributed by atoms with Crippen LogP contribution in [-0.4, -0.2) is 10.5 Å². The van der Waals surface area contributed by atoms with Gasteiger partial charge in [-0.1, -0.05) is 6.92 Å². The van der Waals surface area contributed by atoms with Crippen LogP contribution in [0.1, 0.15) is 51.3 Å². The zero-order chi connectivity index (χ0) is 12.3. The van der Waals surface area contributed by atoms with E-state index >= 15 is 0 Å². The highest BCUT2D eigenvalue weighted by Gasteiger charge is 2.13. The minimum atomic E-state index is 0.0339. The van der Waals surface area contributed by atoms with Crippen LogP contribution in [0.3, 0.4) is 0 Å². The van der Waals surface area contributed by atoms with E-state index in [-0.39, 0.29) is 11.6 Å². The molecular weight excluding hydrogens is 198 g/mol. The van der Waals surface area contributed by atoms with E-state index < -0.39 is 0 Å². The van der Waals surface area contributed by atoms with Crippen molar-refractivity contribution >= 4 is 5.82 Å². The van der Waals surface area contributed by atoms with Crippen molar-refractivity contribution in [3.05, 3.63) is 23.4 Å². The minimum absolute atomic E-state index is 0.0339. The molecule has 0 aliphatic heterocycles. The Kier molecular flexibility index (Phi) is 3.92. The zero-order valence-corrected chi connectivity index (χ0v) is 11.0. The lowest BCUT2D eigenvalue weighted by atomic mass is 10.0. The highest BCUT2D eigenvalue weighted by atomic mass is 15.0. The maximum absolute atomic E-state index is 5.98. The molecule has 90 valence electrons. The third-order valence-corrected chi connectivity index (χ3v) is 2.46. The molecule has 0 aromatic carbocycles. The van der Waals surface area contributed by atoms with Crippen molar-refractivity contribution < 1.29 is 0 Å². The van der Waals surface area contributed by atoms with Crippen LogP contribution in [0, 0.1) is 6.92 Å². The van der Waals surface area contributed by atoms with Gasteiger partial charge >= 0.3 is 0 Å². The highest BCUT2D eigenvalue weighted by Crippen LogP contribution is 2.21. The van der Waals surface area contributed by atoms with E-state index in [1.807, 2.05) is 6.20 Å². The van der Waals surface area contributed by atoms with Gasteiger partial charge in [0.25, 0.3) is 0 Å². The first-order valence-electron chi connectivity index (χ1n) is 5.84. The van der Waals surface area contributed by atoms with E-state index in [0.717, 1.165) is 23.4 Å². The number of hydrogen-bond donors (Lipinski definition) is 2. The van der Waals surface area contributed by atoms with Gasteiger partial charge in [0.1, 0.15) is 5.82 Å². The summed E-state index contributed by atoms with van der Waals surface area (Å²) in [6, 6.07) is 2.21. The van der Waals surface area contributed by atoms with Gasteiger partial charge in [-0.25, -0.2) is 4.98 Å². The van der Waals surface area contributed by atoms with E-state index in [1.165, 1.54) is 0 Å². The molecule has 0 radical (unpaired) electrons. The molecule has 3 N–H and O–H groups in total. The van der Waals surface area contributed by atoms with E-state index in [1.54, 1.807) is 0 Å². The van der Waals surface area contributed by atoms with Crippen LogP contribution in [0.4, 0.5) is 5.82 Å². The Morgan fingerprint density at radius 3 is 2.50 bits per heavy atom. The molecule has 1 aromatic heterocycles. The number of rotatable bonds is 3. The van der Waals surface area contributed by atoms with Crippen LogP contribution in [0.15, 0.2) is 12.3 Å². The average Bonchev–Trinajstić information content (AvgIpc) is 2.18. The number of nitrogens with zero attached hydrogens (tertiary/aromatic N) is 1. The lowest BCUT2D eigenvalue weighted by Gasteiger charge is -2.23. The fourth-order valence-corrected chi connectivity index (χ4v) is 1.52. The number of nitrogens with two attached hydrogens (primary N) is 1. The second kappa shape index (κ2) is 4.83. The molecule has 3 nitrogen and oxygen atoms in total. The van der Waals surface area contributed by atoms with Crippen molar-refractivity contribution in [2.75, 3.05) is 5.32 Å². The summed E-state index contributed by atoms with van der Waals surface area (Å²) in [5.74, 6) is 0.944. The predicted molar refractivity (Wildman–Crippen MR) is 69.6 cm³/mol. The highest BCUT2D eigenvalue weighted by molar-refractivity contribution is 5.46. The molecule has 1 atom stereocenters. The van der Waals surface area contributed by atoms with Gasteiger partial charge in [-0.15, -0.1) is 0 Å². The van der Waals surface area contributed by atoms with E-state index in [0.29, 0.717) is 0 Å². The predicted octanol–water partition coefficient (Wildman–Crippen LogP) is 3.01. The number of anilines is 1. The van der Waals surface area contributed by atoms with Crippen LogP contribution in [0.2, 0.25) is 0 Å². The quantitative estimate of drug-likeness (QED) is 0.825. The second-order valence-corrected chi connectivity index (χ2v) is 5.32. The van der Waals surface area contributed by atoms with Gasteiger partial charge in [0.15, 0.2) is 0 Å². The van der Waals surface area contributed by atoms with Crippen molar-refractivity contribution in [2.45, 2.75) is 52.6 Å². The molecule has 0 spiro atoms. The SMILES string of the molecule is CC[C@H](N)c1cnc(NC(C)(C)C)c(C)c1. The zero-order valence-electron chi connectivity index (χ0n) is 11.0. The first kappa shape index (κ1) is 13.0. The summed E-state index contributed by atoms with van der Waals surface area (Å²) in [5, 5.41) is 3.38. The summed E-state index contributed by atoms with van der Waals surface area (Å²) >= 11 is 0. The molecule has 16 heavy (non-hydrogen) atoms. The molecule has 1 aromatic rings. The van der Waals surface area contributed by atoms with Crippen molar-refractivity contribution in [3.63, 3.8) is 0 Å². The maximum Gasteiger partial charge on any atom is 0.129 e. The lowest BCUT2D eigenvalue weighted by Crippen LogP contribution is -2.27. The normalized spacial score (nSPS) is 13.6. The third kappa shape index (κ3) is 3.49. The van der Waals surface area contributed by atoms with Gasteiger partial charge in [-0.3, -0.25) is 0 Å². The molecule has 0 aliphatic rings. The van der Waals surface area contributed by atoms with Crippen LogP contribution in [0.25, 0.3) is 0 Å². The van der Waals surface area contributed by atoms with Crippen LogP contribution in [0.5, 0.6) is 0 Å². The Morgan fingerprint density at radius 2 is 2.06 bits per heavy atom. The fraction of sp³-hybridized carbons (Fsp3) is 0.615. The topological polar surface area (TPSA) is 50.9 Å². The fourth-order valence-electron chi connectivity index (χ4n) is 1.52. The van der Waals surface area contributed by atoms with E-state index in [4.69, 9.17) is 5.73 Å². The maximum atomic E-state index is 5.98. The number of pyridine rings is 1. The second-order valence-electron chi connectivity index (χ2n) is 5.32. The smallest absolute Gasteiger partial charge is 0.129 e. The van der Waals surface area contributed by atoms with E-state index in [9.17, 15) is 0 Å². The number of hydrogen-bond acceptors (Lipinski definition) is 3.